The minimum atomic E-state index is 0.290. The smallest absolute Gasteiger partial charge is 0.137 e. The monoisotopic (exact) mass is 230 g/mol. The van der Waals surface area contributed by atoms with Gasteiger partial charge in [0.1, 0.15) is 11.4 Å². The van der Waals surface area contributed by atoms with Crippen molar-refractivity contribution in [3.8, 4) is 0 Å². The zero-order valence-electron chi connectivity index (χ0n) is 10.9. The molecule has 0 N–H and O–H groups in total. The van der Waals surface area contributed by atoms with E-state index in [0.717, 1.165) is 16.5 Å². The number of fused-ring (bicyclic) bond motifs is 1. The highest BCUT2D eigenvalue weighted by Gasteiger charge is 2.15. The van der Waals surface area contributed by atoms with E-state index in [2.05, 4.69) is 20.8 Å². The largest absolute Gasteiger partial charge is 0.464 e. The normalized spacial score (nSPS) is 11.1. The van der Waals surface area contributed by atoms with E-state index in [4.69, 9.17) is 4.42 Å². The summed E-state index contributed by atoms with van der Waals surface area (Å²) in [6.07, 6.45) is 2.85. The molecule has 0 aliphatic rings. The molecule has 0 unspecified atom stereocenters. The van der Waals surface area contributed by atoms with Crippen molar-refractivity contribution in [1.29, 1.82) is 0 Å². The lowest BCUT2D eigenvalue weighted by atomic mass is 9.91. The maximum Gasteiger partial charge on any atom is 0.137 e. The third-order valence-electron chi connectivity index (χ3n) is 3.65. The van der Waals surface area contributed by atoms with Crippen LogP contribution in [0.1, 0.15) is 35.6 Å². The lowest BCUT2D eigenvalue weighted by molar-refractivity contribution is -0.118. The molecule has 1 heterocycles. The average Bonchev–Trinajstić information content (AvgIpc) is 2.80. The van der Waals surface area contributed by atoms with Gasteiger partial charge in [0.15, 0.2) is 0 Å². The van der Waals surface area contributed by atoms with Crippen molar-refractivity contribution in [2.45, 2.75) is 40.5 Å². The van der Waals surface area contributed by atoms with Crippen molar-refractivity contribution in [2.24, 2.45) is 0 Å². The Balaban J connectivity index is 2.65. The summed E-state index contributed by atoms with van der Waals surface area (Å²) in [6.45, 7) is 8.11. The number of Topliss-reactive ketones (excluding diaryl/α,β-unsaturated/α-hetero) is 1. The lowest BCUT2D eigenvalue weighted by Gasteiger charge is -2.13. The van der Waals surface area contributed by atoms with Crippen LogP contribution < -0.4 is 0 Å². The number of carbonyl (C=O) groups excluding carboxylic acids is 1. The molecular weight excluding hydrogens is 212 g/mol. The van der Waals surface area contributed by atoms with Gasteiger partial charge in [0.25, 0.3) is 0 Å². The number of hydrogen-bond acceptors (Lipinski definition) is 2. The molecule has 0 radical (unpaired) electrons. The summed E-state index contributed by atoms with van der Waals surface area (Å²) < 4.78 is 5.51. The van der Waals surface area contributed by atoms with Gasteiger partial charge in [-0.25, -0.2) is 0 Å². The topological polar surface area (TPSA) is 30.2 Å². The molecule has 0 saturated carbocycles. The third kappa shape index (κ3) is 1.88. The first kappa shape index (κ1) is 11.9. The molecule has 90 valence electrons. The number of hydrogen-bond donors (Lipinski definition) is 0. The lowest BCUT2D eigenvalue weighted by Crippen LogP contribution is -2.05. The van der Waals surface area contributed by atoms with E-state index in [-0.39, 0.29) is 0 Å². The molecular formula is C15H18O2. The summed E-state index contributed by atoms with van der Waals surface area (Å²) >= 11 is 0. The second-order valence-electron chi connectivity index (χ2n) is 4.59. The highest BCUT2D eigenvalue weighted by Crippen LogP contribution is 2.30. The van der Waals surface area contributed by atoms with Crippen molar-refractivity contribution in [1.82, 2.24) is 0 Å². The van der Waals surface area contributed by atoms with E-state index in [1.165, 1.54) is 16.7 Å². The number of rotatable bonds is 3. The molecule has 0 saturated heterocycles. The Bertz CT molecular complexity index is 576. The van der Waals surface area contributed by atoms with Crippen LogP contribution in [0.15, 0.2) is 16.7 Å². The number of ketones is 1. The first-order valence-electron chi connectivity index (χ1n) is 6.03. The van der Waals surface area contributed by atoms with Crippen LogP contribution in [0.4, 0.5) is 0 Å². The molecule has 0 atom stereocenters. The zero-order valence-corrected chi connectivity index (χ0v) is 10.9. The van der Waals surface area contributed by atoms with Crippen molar-refractivity contribution in [3.05, 3.63) is 34.6 Å². The highest BCUT2D eigenvalue weighted by molar-refractivity contribution is 5.89. The Hall–Kier alpha value is -1.57. The molecule has 0 aliphatic carbocycles. The number of benzene rings is 1. The minimum absolute atomic E-state index is 0.290. The standard InChI is InChI=1S/C15H18O2/c1-5-12(16)8-14-9(2)10(3)15-13(11(14)4)6-7-17-15/h6-7H,5,8H2,1-4H3. The van der Waals surface area contributed by atoms with E-state index < -0.39 is 0 Å². The Morgan fingerprint density at radius 3 is 2.53 bits per heavy atom. The molecule has 2 heteroatoms. The van der Waals surface area contributed by atoms with Crippen LogP contribution >= 0.6 is 0 Å². The molecule has 2 nitrogen and oxygen atoms in total. The number of aryl methyl sites for hydroxylation is 2. The van der Waals surface area contributed by atoms with Crippen LogP contribution in [0.2, 0.25) is 0 Å². The summed E-state index contributed by atoms with van der Waals surface area (Å²) in [4.78, 5) is 11.6. The molecule has 0 fully saturated rings. The second kappa shape index (κ2) is 4.36. The predicted molar refractivity (Wildman–Crippen MR) is 69.4 cm³/mol. The Morgan fingerprint density at radius 2 is 1.88 bits per heavy atom. The fraction of sp³-hybridized carbons (Fsp3) is 0.400. The first-order chi connectivity index (χ1) is 8.06. The van der Waals surface area contributed by atoms with Gasteiger partial charge in [0.2, 0.25) is 0 Å². The molecule has 0 spiro atoms. The van der Waals surface area contributed by atoms with Gasteiger partial charge >= 0.3 is 0 Å². The fourth-order valence-corrected chi connectivity index (χ4v) is 2.32. The third-order valence-corrected chi connectivity index (χ3v) is 3.65. The molecule has 1 aromatic heterocycles. The van der Waals surface area contributed by atoms with Crippen molar-refractivity contribution in [2.75, 3.05) is 0 Å². The first-order valence-corrected chi connectivity index (χ1v) is 6.03. The molecule has 1 aromatic carbocycles. The van der Waals surface area contributed by atoms with E-state index in [0.29, 0.717) is 18.6 Å². The van der Waals surface area contributed by atoms with Crippen LogP contribution in [0.25, 0.3) is 11.0 Å². The maximum absolute atomic E-state index is 11.6. The summed E-state index contributed by atoms with van der Waals surface area (Å²) in [5.41, 5.74) is 5.64. The van der Waals surface area contributed by atoms with Crippen LogP contribution in [0.3, 0.4) is 0 Å². The van der Waals surface area contributed by atoms with Crippen LogP contribution in [0.5, 0.6) is 0 Å². The predicted octanol–water partition coefficient (Wildman–Crippen LogP) is 3.88. The van der Waals surface area contributed by atoms with Gasteiger partial charge in [-0.05, 0) is 49.1 Å². The second-order valence-corrected chi connectivity index (χ2v) is 4.59. The SMILES string of the molecule is CCC(=O)Cc1c(C)c(C)c2occc2c1C. The van der Waals surface area contributed by atoms with E-state index in [1.807, 2.05) is 13.0 Å². The van der Waals surface area contributed by atoms with Crippen LogP contribution in [-0.4, -0.2) is 5.78 Å². The molecule has 0 aliphatic heterocycles. The van der Waals surface area contributed by atoms with Gasteiger partial charge in [0.05, 0.1) is 6.26 Å². The van der Waals surface area contributed by atoms with Gasteiger partial charge in [-0.3, -0.25) is 4.79 Å². The minimum Gasteiger partial charge on any atom is -0.464 e. The van der Waals surface area contributed by atoms with E-state index in [9.17, 15) is 4.79 Å². The highest BCUT2D eigenvalue weighted by atomic mass is 16.3. The van der Waals surface area contributed by atoms with E-state index >= 15 is 0 Å². The Kier molecular flexibility index (Phi) is 3.05. The van der Waals surface area contributed by atoms with Crippen molar-refractivity contribution in [3.63, 3.8) is 0 Å². The molecule has 2 aromatic rings. The van der Waals surface area contributed by atoms with Gasteiger partial charge in [-0.15, -0.1) is 0 Å². The average molecular weight is 230 g/mol. The molecule has 0 amide bonds. The summed E-state index contributed by atoms with van der Waals surface area (Å²) in [5, 5.41) is 1.13. The molecule has 2 rings (SSSR count). The zero-order chi connectivity index (χ0) is 12.6. The fourth-order valence-electron chi connectivity index (χ4n) is 2.32. The van der Waals surface area contributed by atoms with Gasteiger partial charge in [-0.2, -0.15) is 0 Å². The van der Waals surface area contributed by atoms with Crippen LogP contribution in [-0.2, 0) is 11.2 Å². The number of carbonyl (C=O) groups is 1. The quantitative estimate of drug-likeness (QED) is 0.801. The maximum atomic E-state index is 11.6. The van der Waals surface area contributed by atoms with Crippen LogP contribution in [0, 0.1) is 20.8 Å². The molecule has 0 bridgehead atoms. The summed E-state index contributed by atoms with van der Waals surface area (Å²) in [5.74, 6) is 0.290. The van der Waals surface area contributed by atoms with Gasteiger partial charge in [0, 0.05) is 18.2 Å². The Morgan fingerprint density at radius 1 is 1.18 bits per heavy atom. The van der Waals surface area contributed by atoms with E-state index in [1.54, 1.807) is 6.26 Å². The van der Waals surface area contributed by atoms with Crippen molar-refractivity contribution < 1.29 is 9.21 Å². The summed E-state index contributed by atoms with van der Waals surface area (Å²) in [6, 6.07) is 1.98. The van der Waals surface area contributed by atoms with Gasteiger partial charge < -0.3 is 4.42 Å². The van der Waals surface area contributed by atoms with Crippen molar-refractivity contribution >= 4 is 16.8 Å². The summed E-state index contributed by atoms with van der Waals surface area (Å²) in [7, 11) is 0. The number of furan rings is 1. The molecule has 17 heavy (non-hydrogen) atoms. The Labute approximate surface area is 102 Å². The van der Waals surface area contributed by atoms with Gasteiger partial charge in [-0.1, -0.05) is 6.92 Å².